The van der Waals surface area contributed by atoms with Crippen LogP contribution in [0.1, 0.15) is 64.0 Å². The lowest BCUT2D eigenvalue weighted by Gasteiger charge is -2.32. The van der Waals surface area contributed by atoms with Gasteiger partial charge in [0.1, 0.15) is 17.7 Å². The number of primary amides is 1. The first-order chi connectivity index (χ1) is 20.4. The summed E-state index contributed by atoms with van der Waals surface area (Å²) in [5.41, 5.74) is 6.78. The monoisotopic (exact) mass is 594 g/mol. The normalized spacial score (nSPS) is 17.4. The summed E-state index contributed by atoms with van der Waals surface area (Å²) in [6, 6.07) is 16.7. The van der Waals surface area contributed by atoms with E-state index in [0.717, 1.165) is 17.5 Å². The molecular weight excluding hydrogens is 548 g/mol. The number of β-amino-alcohol motifs (C(OH)–C–C–N with tert-alkyl or cyclic N) is 1. The first-order valence-corrected chi connectivity index (χ1v) is 15.0. The van der Waals surface area contributed by atoms with Crippen molar-refractivity contribution in [3.63, 3.8) is 0 Å². The zero-order chi connectivity index (χ0) is 31.4. The molecule has 234 valence electrons. The van der Waals surface area contributed by atoms with E-state index < -0.39 is 41.6 Å². The number of carbonyl (C=O) groups excluding carboxylic acids is 4. The minimum atomic E-state index is -1.19. The van der Waals surface area contributed by atoms with Crippen LogP contribution in [0.25, 0.3) is 0 Å². The highest BCUT2D eigenvalue weighted by molar-refractivity contribution is 5.91. The highest BCUT2D eigenvalue weighted by Gasteiger charge is 2.37. The number of hydrogen-bond acceptors (Lipinski definition) is 7. The number of hydrogen-bond donors (Lipinski definition) is 4. The van der Waals surface area contributed by atoms with Crippen LogP contribution >= 0.6 is 0 Å². The van der Waals surface area contributed by atoms with Gasteiger partial charge < -0.3 is 26.2 Å². The summed E-state index contributed by atoms with van der Waals surface area (Å²) in [5, 5.41) is 16.9. The molecule has 3 amide bonds. The lowest BCUT2D eigenvalue weighted by atomic mass is 9.99. The molecule has 1 aliphatic heterocycles. The van der Waals surface area contributed by atoms with E-state index in [1.54, 1.807) is 0 Å². The Bertz CT molecular complexity index is 1200. The molecule has 2 aromatic rings. The van der Waals surface area contributed by atoms with Crippen molar-refractivity contribution in [2.24, 2.45) is 5.73 Å². The van der Waals surface area contributed by atoms with Gasteiger partial charge in [-0.1, -0.05) is 60.7 Å². The van der Waals surface area contributed by atoms with E-state index in [0.29, 0.717) is 32.2 Å². The van der Waals surface area contributed by atoms with Gasteiger partial charge >= 0.3 is 5.97 Å². The molecule has 1 fully saturated rings. The third kappa shape index (κ3) is 11.8. The standard InChI is InChI=1S/C33H46N4O6/c1-33(2,3)43-32(42)27-17-11-19-37(27)22-28(38)25(20-24-14-8-5-9-15-24)36-31(41)26(21-29(34)39)35-30(40)18-10-16-23-12-6-4-7-13-23/h4-9,12-15,25-28,38H,10-11,16-22H2,1-3H3,(H2,34,39)(H,35,40)(H,36,41)/t25-,26-,27-,28+/m0/s1. The maximum atomic E-state index is 13.4. The van der Waals surface area contributed by atoms with Crippen LogP contribution < -0.4 is 16.4 Å². The Morgan fingerprint density at radius 3 is 2.23 bits per heavy atom. The van der Waals surface area contributed by atoms with E-state index in [9.17, 15) is 24.3 Å². The quantitative estimate of drug-likeness (QED) is 0.231. The lowest BCUT2D eigenvalue weighted by molar-refractivity contribution is -0.160. The molecule has 0 radical (unpaired) electrons. The van der Waals surface area contributed by atoms with Crippen LogP contribution in [0, 0.1) is 0 Å². The first-order valence-electron chi connectivity index (χ1n) is 15.0. The average molecular weight is 595 g/mol. The molecule has 43 heavy (non-hydrogen) atoms. The average Bonchev–Trinajstić information content (AvgIpc) is 3.40. The molecule has 1 saturated heterocycles. The summed E-state index contributed by atoms with van der Waals surface area (Å²) in [6.45, 7) is 6.18. The zero-order valence-corrected chi connectivity index (χ0v) is 25.5. The number of esters is 1. The molecule has 3 rings (SSSR count). The summed E-state index contributed by atoms with van der Waals surface area (Å²) in [4.78, 5) is 52.7. The Labute approximate surface area is 254 Å². The molecule has 10 heteroatoms. The number of amides is 3. The fraction of sp³-hybridized carbons (Fsp3) is 0.515. The Morgan fingerprint density at radius 1 is 1.00 bits per heavy atom. The molecule has 1 aliphatic rings. The molecule has 2 aromatic carbocycles. The summed E-state index contributed by atoms with van der Waals surface area (Å²) < 4.78 is 5.60. The van der Waals surface area contributed by atoms with Gasteiger partial charge in [-0.3, -0.25) is 24.1 Å². The summed E-state index contributed by atoms with van der Waals surface area (Å²) in [6.07, 6.45) is 1.72. The van der Waals surface area contributed by atoms with Crippen LogP contribution in [0.5, 0.6) is 0 Å². The Kier molecular flexibility index (Phi) is 12.7. The molecule has 0 spiro atoms. The van der Waals surface area contributed by atoms with Crippen molar-refractivity contribution in [2.45, 2.75) is 95.5 Å². The first kappa shape index (κ1) is 33.7. The second kappa shape index (κ2) is 16.2. The molecule has 0 aromatic heterocycles. The number of rotatable bonds is 15. The molecule has 0 bridgehead atoms. The molecule has 0 saturated carbocycles. The van der Waals surface area contributed by atoms with E-state index in [2.05, 4.69) is 10.6 Å². The number of benzene rings is 2. The third-order valence-electron chi connectivity index (χ3n) is 7.32. The number of ether oxygens (including phenoxy) is 1. The highest BCUT2D eigenvalue weighted by atomic mass is 16.6. The van der Waals surface area contributed by atoms with E-state index >= 15 is 0 Å². The topological polar surface area (TPSA) is 151 Å². The summed E-state index contributed by atoms with van der Waals surface area (Å²) in [7, 11) is 0. The molecular formula is C33H46N4O6. The van der Waals surface area contributed by atoms with E-state index in [4.69, 9.17) is 10.5 Å². The van der Waals surface area contributed by atoms with Gasteiger partial charge in [0, 0.05) is 13.0 Å². The third-order valence-corrected chi connectivity index (χ3v) is 7.32. The van der Waals surface area contributed by atoms with E-state index in [1.165, 1.54) is 0 Å². The van der Waals surface area contributed by atoms with Crippen molar-refractivity contribution < 1.29 is 29.0 Å². The SMILES string of the molecule is CC(C)(C)OC(=O)[C@@H]1CCCN1C[C@@H](O)[C@H](Cc1ccccc1)NC(=O)[C@H](CC(N)=O)NC(=O)CCCc1ccccc1. The minimum absolute atomic E-state index is 0.133. The fourth-order valence-corrected chi connectivity index (χ4v) is 5.26. The predicted molar refractivity (Wildman–Crippen MR) is 164 cm³/mol. The number of aliphatic hydroxyl groups excluding tert-OH is 1. The summed E-state index contributed by atoms with van der Waals surface area (Å²) in [5.74, 6) is -2.05. The molecule has 0 aliphatic carbocycles. The zero-order valence-electron chi connectivity index (χ0n) is 25.5. The Morgan fingerprint density at radius 2 is 1.63 bits per heavy atom. The van der Waals surface area contributed by atoms with E-state index in [1.807, 2.05) is 86.3 Å². The largest absolute Gasteiger partial charge is 0.459 e. The smallest absolute Gasteiger partial charge is 0.323 e. The van der Waals surface area contributed by atoms with Gasteiger partial charge in [0.2, 0.25) is 17.7 Å². The van der Waals surface area contributed by atoms with Crippen LogP contribution in [0.2, 0.25) is 0 Å². The molecule has 10 nitrogen and oxygen atoms in total. The number of aliphatic hydroxyl groups is 1. The van der Waals surface area contributed by atoms with Gasteiger partial charge in [0.15, 0.2) is 0 Å². The van der Waals surface area contributed by atoms with Crippen molar-refractivity contribution in [3.05, 3.63) is 71.8 Å². The Balaban J connectivity index is 1.68. The van der Waals surface area contributed by atoms with Gasteiger partial charge in [-0.2, -0.15) is 0 Å². The van der Waals surface area contributed by atoms with Crippen molar-refractivity contribution in [1.29, 1.82) is 0 Å². The summed E-state index contributed by atoms with van der Waals surface area (Å²) >= 11 is 0. The van der Waals surface area contributed by atoms with Crippen LogP contribution in [0.3, 0.4) is 0 Å². The molecule has 5 N–H and O–H groups in total. The molecule has 1 heterocycles. The van der Waals surface area contributed by atoms with Gasteiger partial charge in [0.25, 0.3) is 0 Å². The van der Waals surface area contributed by atoms with Crippen LogP contribution in [0.15, 0.2) is 60.7 Å². The van der Waals surface area contributed by atoms with Crippen LogP contribution in [-0.2, 0) is 36.8 Å². The number of carbonyl (C=O) groups is 4. The predicted octanol–water partition coefficient (Wildman–Crippen LogP) is 2.26. The number of nitrogens with two attached hydrogens (primary N) is 1. The van der Waals surface area contributed by atoms with Crippen LogP contribution in [0.4, 0.5) is 0 Å². The Hall–Kier alpha value is -3.76. The number of nitrogens with one attached hydrogen (secondary N) is 2. The lowest BCUT2D eigenvalue weighted by Crippen LogP contribution is -2.56. The van der Waals surface area contributed by atoms with Gasteiger partial charge in [0.05, 0.1) is 18.6 Å². The number of likely N-dealkylation sites (tertiary alicyclic amines) is 1. The highest BCUT2D eigenvalue weighted by Crippen LogP contribution is 2.22. The van der Waals surface area contributed by atoms with Crippen molar-refractivity contribution in [3.8, 4) is 0 Å². The van der Waals surface area contributed by atoms with Crippen LogP contribution in [-0.4, -0.2) is 76.6 Å². The van der Waals surface area contributed by atoms with Crippen molar-refractivity contribution in [1.82, 2.24) is 15.5 Å². The van der Waals surface area contributed by atoms with Crippen molar-refractivity contribution in [2.75, 3.05) is 13.1 Å². The van der Waals surface area contributed by atoms with E-state index in [-0.39, 0.29) is 31.3 Å². The molecule has 4 atom stereocenters. The van der Waals surface area contributed by atoms with Gasteiger partial charge in [-0.15, -0.1) is 0 Å². The van der Waals surface area contributed by atoms with Crippen molar-refractivity contribution >= 4 is 23.7 Å². The fourth-order valence-electron chi connectivity index (χ4n) is 5.26. The second-order valence-corrected chi connectivity index (χ2v) is 12.2. The van der Waals surface area contributed by atoms with Gasteiger partial charge in [-0.05, 0) is 70.5 Å². The second-order valence-electron chi connectivity index (χ2n) is 12.2. The van der Waals surface area contributed by atoms with Gasteiger partial charge in [-0.25, -0.2) is 0 Å². The maximum Gasteiger partial charge on any atom is 0.323 e. The number of aryl methyl sites for hydroxylation is 1. The molecule has 0 unspecified atom stereocenters. The maximum absolute atomic E-state index is 13.4. The minimum Gasteiger partial charge on any atom is -0.459 e. The number of nitrogens with zero attached hydrogens (tertiary/aromatic N) is 1.